The summed E-state index contributed by atoms with van der Waals surface area (Å²) in [4.78, 5) is 27.3. The molecule has 118 valence electrons. The first-order chi connectivity index (χ1) is 11.1. The van der Waals surface area contributed by atoms with Crippen LogP contribution in [-0.4, -0.2) is 16.8 Å². The summed E-state index contributed by atoms with van der Waals surface area (Å²) in [6.45, 7) is 4.26. The molecule has 1 aromatic heterocycles. The largest absolute Gasteiger partial charge is 0.269 e. The van der Waals surface area contributed by atoms with Gasteiger partial charge in [-0.05, 0) is 35.3 Å². The molecule has 0 spiro atoms. The Kier molecular flexibility index (Phi) is 5.63. The zero-order valence-electron chi connectivity index (χ0n) is 13.1. The summed E-state index contributed by atoms with van der Waals surface area (Å²) in [5.41, 5.74) is 7.27. The van der Waals surface area contributed by atoms with Crippen molar-refractivity contribution < 1.29 is 9.59 Å². The smallest absolute Gasteiger partial charge is 0.268 e. The molecular weight excluding hydrogens is 290 g/mol. The van der Waals surface area contributed by atoms with Gasteiger partial charge in [0.05, 0.1) is 0 Å². The summed E-state index contributed by atoms with van der Waals surface area (Å²) in [6, 6.07) is 11.1. The SMILES string of the molecule is CC(C)c1ccc(/C=C/C(=O)NNC(=O)c2ccncc2)cc1. The third kappa shape index (κ3) is 5.07. The average molecular weight is 309 g/mol. The van der Waals surface area contributed by atoms with E-state index in [2.05, 4.69) is 29.7 Å². The monoisotopic (exact) mass is 309 g/mol. The Morgan fingerprint density at radius 3 is 2.26 bits per heavy atom. The first-order valence-electron chi connectivity index (χ1n) is 7.34. The lowest BCUT2D eigenvalue weighted by molar-refractivity contribution is -0.117. The highest BCUT2D eigenvalue weighted by molar-refractivity contribution is 5.97. The molecule has 0 unspecified atom stereocenters. The van der Waals surface area contributed by atoms with Gasteiger partial charge < -0.3 is 0 Å². The van der Waals surface area contributed by atoms with Gasteiger partial charge in [0.25, 0.3) is 11.8 Å². The number of carbonyl (C=O) groups is 2. The molecule has 5 nitrogen and oxygen atoms in total. The summed E-state index contributed by atoms with van der Waals surface area (Å²) in [5, 5.41) is 0. The van der Waals surface area contributed by atoms with Crippen LogP contribution < -0.4 is 10.9 Å². The Labute approximate surface area is 135 Å². The van der Waals surface area contributed by atoms with Crippen LogP contribution in [0.25, 0.3) is 6.08 Å². The van der Waals surface area contributed by atoms with Gasteiger partial charge in [0.15, 0.2) is 0 Å². The van der Waals surface area contributed by atoms with Crippen molar-refractivity contribution in [2.45, 2.75) is 19.8 Å². The number of nitrogens with one attached hydrogen (secondary N) is 2. The van der Waals surface area contributed by atoms with Crippen molar-refractivity contribution in [3.63, 3.8) is 0 Å². The van der Waals surface area contributed by atoms with Crippen LogP contribution >= 0.6 is 0 Å². The molecule has 0 aliphatic heterocycles. The van der Waals surface area contributed by atoms with Crippen LogP contribution in [0.15, 0.2) is 54.9 Å². The van der Waals surface area contributed by atoms with E-state index in [9.17, 15) is 9.59 Å². The van der Waals surface area contributed by atoms with Crippen molar-refractivity contribution in [2.75, 3.05) is 0 Å². The predicted octanol–water partition coefficient (Wildman–Crippen LogP) is 2.68. The number of nitrogens with zero attached hydrogens (tertiary/aromatic N) is 1. The maximum Gasteiger partial charge on any atom is 0.269 e. The lowest BCUT2D eigenvalue weighted by Gasteiger charge is -2.05. The fourth-order valence-electron chi connectivity index (χ4n) is 1.90. The molecule has 0 atom stereocenters. The van der Waals surface area contributed by atoms with Gasteiger partial charge in [0, 0.05) is 24.0 Å². The molecule has 1 heterocycles. The fraction of sp³-hybridized carbons (Fsp3) is 0.167. The van der Waals surface area contributed by atoms with E-state index in [1.807, 2.05) is 24.3 Å². The molecule has 5 heteroatoms. The molecule has 0 saturated carbocycles. The number of pyridine rings is 1. The van der Waals surface area contributed by atoms with Crippen LogP contribution in [0, 0.1) is 0 Å². The standard InChI is InChI=1S/C18H19N3O2/c1-13(2)15-6-3-14(4-7-15)5-8-17(22)20-21-18(23)16-9-11-19-12-10-16/h3-13H,1-2H3,(H,20,22)(H,21,23)/b8-5+. The Bertz CT molecular complexity index is 692. The number of rotatable bonds is 4. The highest BCUT2D eigenvalue weighted by Crippen LogP contribution is 2.15. The van der Waals surface area contributed by atoms with Crippen molar-refractivity contribution >= 4 is 17.9 Å². The second-order valence-electron chi connectivity index (χ2n) is 5.33. The second kappa shape index (κ2) is 7.89. The summed E-state index contributed by atoms with van der Waals surface area (Å²) in [5.74, 6) is -0.324. The molecule has 0 aliphatic rings. The van der Waals surface area contributed by atoms with Crippen molar-refractivity contribution in [1.82, 2.24) is 15.8 Å². The normalized spacial score (nSPS) is 10.7. The summed E-state index contributed by atoms with van der Waals surface area (Å²) < 4.78 is 0. The highest BCUT2D eigenvalue weighted by atomic mass is 16.2. The van der Waals surface area contributed by atoms with Crippen LogP contribution in [0.3, 0.4) is 0 Å². The summed E-state index contributed by atoms with van der Waals surface area (Å²) in [6.07, 6.45) is 6.09. The third-order valence-electron chi connectivity index (χ3n) is 3.27. The van der Waals surface area contributed by atoms with Crippen LogP contribution in [-0.2, 0) is 4.79 Å². The Morgan fingerprint density at radius 1 is 1.00 bits per heavy atom. The third-order valence-corrected chi connectivity index (χ3v) is 3.27. The lowest BCUT2D eigenvalue weighted by atomic mass is 10.0. The molecule has 0 radical (unpaired) electrons. The van der Waals surface area contributed by atoms with Gasteiger partial charge in [0.2, 0.25) is 0 Å². The van der Waals surface area contributed by atoms with E-state index in [-0.39, 0.29) is 0 Å². The van der Waals surface area contributed by atoms with Gasteiger partial charge in [-0.2, -0.15) is 0 Å². The molecule has 2 N–H and O–H groups in total. The number of hydrogen-bond acceptors (Lipinski definition) is 3. The van der Waals surface area contributed by atoms with Crippen LogP contribution in [0.1, 0.15) is 41.3 Å². The molecular formula is C18H19N3O2. The van der Waals surface area contributed by atoms with Crippen molar-refractivity contribution in [3.05, 3.63) is 71.6 Å². The van der Waals surface area contributed by atoms with E-state index in [1.165, 1.54) is 24.0 Å². The summed E-state index contributed by atoms with van der Waals surface area (Å²) in [7, 11) is 0. The van der Waals surface area contributed by atoms with Gasteiger partial charge >= 0.3 is 0 Å². The molecule has 23 heavy (non-hydrogen) atoms. The number of carbonyl (C=O) groups excluding carboxylic acids is 2. The average Bonchev–Trinajstić information content (AvgIpc) is 2.59. The number of hydrazine groups is 1. The molecule has 2 rings (SSSR count). The van der Waals surface area contributed by atoms with Gasteiger partial charge in [0.1, 0.15) is 0 Å². The van der Waals surface area contributed by atoms with Crippen molar-refractivity contribution in [3.8, 4) is 0 Å². The molecule has 0 fully saturated rings. The van der Waals surface area contributed by atoms with E-state index in [0.717, 1.165) is 5.56 Å². The number of aromatic nitrogens is 1. The van der Waals surface area contributed by atoms with Crippen molar-refractivity contribution in [2.24, 2.45) is 0 Å². The Morgan fingerprint density at radius 2 is 1.65 bits per heavy atom. The van der Waals surface area contributed by atoms with E-state index in [4.69, 9.17) is 0 Å². The van der Waals surface area contributed by atoms with Crippen LogP contribution in [0.5, 0.6) is 0 Å². The van der Waals surface area contributed by atoms with Gasteiger partial charge in [-0.1, -0.05) is 38.1 Å². The highest BCUT2D eigenvalue weighted by Gasteiger charge is 2.04. The minimum atomic E-state index is -0.402. The lowest BCUT2D eigenvalue weighted by Crippen LogP contribution is -2.40. The van der Waals surface area contributed by atoms with E-state index in [1.54, 1.807) is 18.2 Å². The molecule has 1 aromatic carbocycles. The first kappa shape index (κ1) is 16.4. The van der Waals surface area contributed by atoms with Crippen LogP contribution in [0.4, 0.5) is 0 Å². The Hall–Kier alpha value is -2.95. The van der Waals surface area contributed by atoms with Crippen LogP contribution in [0.2, 0.25) is 0 Å². The van der Waals surface area contributed by atoms with Gasteiger partial charge in [-0.25, -0.2) is 0 Å². The fourth-order valence-corrected chi connectivity index (χ4v) is 1.90. The van der Waals surface area contributed by atoms with E-state index < -0.39 is 11.8 Å². The second-order valence-corrected chi connectivity index (χ2v) is 5.33. The molecule has 0 bridgehead atoms. The van der Waals surface area contributed by atoms with Crippen molar-refractivity contribution in [1.29, 1.82) is 0 Å². The molecule has 2 aromatic rings. The molecule has 2 amide bonds. The minimum absolute atomic E-state index is 0.393. The van der Waals surface area contributed by atoms with Gasteiger partial charge in [-0.3, -0.25) is 25.4 Å². The van der Waals surface area contributed by atoms with Gasteiger partial charge in [-0.15, -0.1) is 0 Å². The molecule has 0 aliphatic carbocycles. The summed E-state index contributed by atoms with van der Waals surface area (Å²) >= 11 is 0. The topological polar surface area (TPSA) is 71.1 Å². The quantitative estimate of drug-likeness (QED) is 0.674. The molecule has 0 saturated heterocycles. The minimum Gasteiger partial charge on any atom is -0.268 e. The maximum atomic E-state index is 11.7. The number of amides is 2. The van der Waals surface area contributed by atoms with E-state index >= 15 is 0 Å². The predicted molar refractivity (Wildman–Crippen MR) is 89.4 cm³/mol. The Balaban J connectivity index is 1.85. The number of hydrogen-bond donors (Lipinski definition) is 2. The first-order valence-corrected chi connectivity index (χ1v) is 7.34. The zero-order chi connectivity index (χ0) is 16.7. The maximum absolute atomic E-state index is 11.7. The number of benzene rings is 1. The zero-order valence-corrected chi connectivity index (χ0v) is 13.1. The van der Waals surface area contributed by atoms with E-state index in [0.29, 0.717) is 11.5 Å².